The smallest absolute Gasteiger partial charge is 0.267 e. The van der Waals surface area contributed by atoms with Crippen LogP contribution in [0.25, 0.3) is 0 Å². The highest BCUT2D eigenvalue weighted by molar-refractivity contribution is 7.17. The van der Waals surface area contributed by atoms with Crippen LogP contribution < -0.4 is 10.6 Å². The van der Waals surface area contributed by atoms with Crippen LogP contribution in [0.5, 0.6) is 0 Å². The number of hydrogen-bond donors (Lipinski definition) is 2. The van der Waals surface area contributed by atoms with Crippen molar-refractivity contribution < 1.29 is 4.79 Å². The minimum Gasteiger partial charge on any atom is -0.331 e. The summed E-state index contributed by atoms with van der Waals surface area (Å²) >= 11 is 7.30. The zero-order valence-corrected chi connectivity index (χ0v) is 14.8. The van der Waals surface area contributed by atoms with Crippen molar-refractivity contribution in [1.29, 1.82) is 0 Å². The van der Waals surface area contributed by atoms with E-state index in [2.05, 4.69) is 15.6 Å². The molecular weight excluding hydrogens is 342 g/mol. The van der Waals surface area contributed by atoms with Crippen LogP contribution in [-0.2, 0) is 0 Å². The zero-order chi connectivity index (χ0) is 17.1. The summed E-state index contributed by atoms with van der Waals surface area (Å²) in [7, 11) is 0. The van der Waals surface area contributed by atoms with Gasteiger partial charge in [0.05, 0.1) is 5.69 Å². The normalized spacial score (nSPS) is 10.5. The second kappa shape index (κ2) is 7.03. The Hall–Kier alpha value is -2.37. The third kappa shape index (κ3) is 3.75. The van der Waals surface area contributed by atoms with E-state index >= 15 is 0 Å². The summed E-state index contributed by atoms with van der Waals surface area (Å²) in [5, 5.41) is 7.42. The monoisotopic (exact) mass is 357 g/mol. The lowest BCUT2D eigenvalue weighted by Crippen LogP contribution is -2.12. The van der Waals surface area contributed by atoms with Gasteiger partial charge in [0, 0.05) is 16.4 Å². The average Bonchev–Trinajstić information content (AvgIpc) is 2.90. The Balaban J connectivity index is 1.78. The number of benzene rings is 2. The molecular formula is C18H16ClN3OS. The van der Waals surface area contributed by atoms with Crippen LogP contribution in [0.1, 0.15) is 20.9 Å². The lowest BCUT2D eigenvalue weighted by atomic mass is 10.2. The van der Waals surface area contributed by atoms with Crippen LogP contribution in [0.3, 0.4) is 0 Å². The maximum Gasteiger partial charge on any atom is 0.267 e. The number of carbonyl (C=O) groups is 1. The molecule has 0 atom stereocenters. The highest BCUT2D eigenvalue weighted by Crippen LogP contribution is 2.28. The van der Waals surface area contributed by atoms with E-state index in [9.17, 15) is 4.79 Å². The quantitative estimate of drug-likeness (QED) is 0.656. The van der Waals surface area contributed by atoms with Gasteiger partial charge in [-0.2, -0.15) is 0 Å². The molecule has 4 nitrogen and oxygen atoms in total. The fraction of sp³-hybridized carbons (Fsp3) is 0.111. The first-order valence-electron chi connectivity index (χ1n) is 7.40. The molecule has 0 aliphatic carbocycles. The maximum absolute atomic E-state index is 12.5. The molecule has 6 heteroatoms. The Morgan fingerprint density at radius 3 is 2.67 bits per heavy atom. The molecule has 3 rings (SSSR count). The van der Waals surface area contributed by atoms with Crippen molar-refractivity contribution in [2.24, 2.45) is 0 Å². The Labute approximate surface area is 149 Å². The number of aryl methyl sites for hydroxylation is 2. The van der Waals surface area contributed by atoms with Gasteiger partial charge in [0.1, 0.15) is 4.88 Å². The van der Waals surface area contributed by atoms with Crippen molar-refractivity contribution in [3.8, 4) is 0 Å². The minimum absolute atomic E-state index is 0.154. The first-order valence-corrected chi connectivity index (χ1v) is 8.59. The first kappa shape index (κ1) is 16.5. The third-order valence-corrected chi connectivity index (χ3v) is 4.78. The van der Waals surface area contributed by atoms with Gasteiger partial charge in [-0.05, 0) is 43.7 Å². The van der Waals surface area contributed by atoms with Crippen LogP contribution in [0, 0.1) is 13.8 Å². The fourth-order valence-corrected chi connectivity index (χ4v) is 3.31. The number of carbonyl (C=O) groups excluding carboxylic acids is 1. The standard InChI is InChI=1S/C18H16ClN3OS/c1-11-6-3-4-9-15(11)22-17(23)16-12(2)20-18(24-16)21-14-8-5-7-13(19)10-14/h3-10H,1-2H3,(H,20,21)(H,22,23). The highest BCUT2D eigenvalue weighted by Gasteiger charge is 2.16. The van der Waals surface area contributed by atoms with E-state index in [0.29, 0.717) is 20.7 Å². The molecule has 0 aliphatic rings. The number of amides is 1. The number of hydrogen-bond acceptors (Lipinski definition) is 4. The number of nitrogens with zero attached hydrogens (tertiary/aromatic N) is 1. The number of nitrogens with one attached hydrogen (secondary N) is 2. The first-order chi connectivity index (χ1) is 11.5. The van der Waals surface area contributed by atoms with Crippen molar-refractivity contribution in [3.05, 3.63) is 69.7 Å². The number of rotatable bonds is 4. The molecule has 0 saturated carbocycles. The number of aromatic nitrogens is 1. The van der Waals surface area contributed by atoms with Gasteiger partial charge >= 0.3 is 0 Å². The molecule has 1 aromatic heterocycles. The van der Waals surface area contributed by atoms with E-state index < -0.39 is 0 Å². The molecule has 2 aromatic carbocycles. The van der Waals surface area contributed by atoms with Crippen molar-refractivity contribution >= 4 is 45.4 Å². The molecule has 0 radical (unpaired) electrons. The zero-order valence-electron chi connectivity index (χ0n) is 13.3. The lowest BCUT2D eigenvalue weighted by Gasteiger charge is -2.06. The Morgan fingerprint density at radius 1 is 1.12 bits per heavy atom. The number of halogens is 1. The summed E-state index contributed by atoms with van der Waals surface area (Å²) in [6, 6.07) is 15.1. The maximum atomic E-state index is 12.5. The van der Waals surface area contributed by atoms with Crippen molar-refractivity contribution in [1.82, 2.24) is 4.98 Å². The summed E-state index contributed by atoms with van der Waals surface area (Å²) in [5.74, 6) is -0.154. The van der Waals surface area contributed by atoms with Crippen LogP contribution in [0.4, 0.5) is 16.5 Å². The molecule has 0 bridgehead atoms. The summed E-state index contributed by atoms with van der Waals surface area (Å²) in [5.41, 5.74) is 3.35. The molecule has 24 heavy (non-hydrogen) atoms. The topological polar surface area (TPSA) is 54.0 Å². The van der Waals surface area contributed by atoms with Gasteiger partial charge in [-0.15, -0.1) is 0 Å². The molecule has 0 aliphatic heterocycles. The SMILES string of the molecule is Cc1ccccc1NC(=O)c1sc(Nc2cccc(Cl)c2)nc1C. The molecule has 122 valence electrons. The molecule has 1 heterocycles. The lowest BCUT2D eigenvalue weighted by molar-refractivity contribution is 0.102. The van der Waals surface area contributed by atoms with Gasteiger partial charge in [0.2, 0.25) is 0 Å². The fourth-order valence-electron chi connectivity index (χ4n) is 2.24. The van der Waals surface area contributed by atoms with E-state index in [4.69, 9.17) is 11.6 Å². The Bertz CT molecular complexity index is 891. The molecule has 3 aromatic rings. The van der Waals surface area contributed by atoms with Crippen molar-refractivity contribution in [2.75, 3.05) is 10.6 Å². The largest absolute Gasteiger partial charge is 0.331 e. The molecule has 0 unspecified atom stereocenters. The summed E-state index contributed by atoms with van der Waals surface area (Å²) in [6.07, 6.45) is 0. The van der Waals surface area contributed by atoms with E-state index in [1.54, 1.807) is 6.07 Å². The Kier molecular flexibility index (Phi) is 4.83. The predicted molar refractivity (Wildman–Crippen MR) is 101 cm³/mol. The van der Waals surface area contributed by atoms with Gasteiger partial charge in [-0.3, -0.25) is 4.79 Å². The second-order valence-electron chi connectivity index (χ2n) is 5.34. The van der Waals surface area contributed by atoms with Crippen LogP contribution in [0.15, 0.2) is 48.5 Å². The molecule has 0 spiro atoms. The second-order valence-corrected chi connectivity index (χ2v) is 6.77. The van der Waals surface area contributed by atoms with Gasteiger partial charge < -0.3 is 10.6 Å². The van der Waals surface area contributed by atoms with Crippen LogP contribution in [0.2, 0.25) is 5.02 Å². The average molecular weight is 358 g/mol. The van der Waals surface area contributed by atoms with Gasteiger partial charge in [-0.25, -0.2) is 4.98 Å². The predicted octanol–water partition coefficient (Wildman–Crippen LogP) is 5.41. The highest BCUT2D eigenvalue weighted by atomic mass is 35.5. The van der Waals surface area contributed by atoms with Crippen LogP contribution in [-0.4, -0.2) is 10.9 Å². The van der Waals surface area contributed by atoms with E-state index in [0.717, 1.165) is 16.9 Å². The van der Waals surface area contributed by atoms with Gasteiger partial charge in [-0.1, -0.05) is 47.2 Å². The summed E-state index contributed by atoms with van der Waals surface area (Å²) in [6.45, 7) is 3.79. The van der Waals surface area contributed by atoms with Gasteiger partial charge in [0.25, 0.3) is 5.91 Å². The molecule has 0 fully saturated rings. The summed E-state index contributed by atoms with van der Waals surface area (Å²) < 4.78 is 0. The molecule has 2 N–H and O–H groups in total. The minimum atomic E-state index is -0.154. The van der Waals surface area contributed by atoms with E-state index in [1.807, 2.05) is 56.3 Å². The molecule has 0 saturated heterocycles. The number of anilines is 3. The number of para-hydroxylation sites is 1. The Morgan fingerprint density at radius 2 is 1.92 bits per heavy atom. The van der Waals surface area contributed by atoms with E-state index in [-0.39, 0.29) is 5.91 Å². The van der Waals surface area contributed by atoms with Crippen molar-refractivity contribution in [3.63, 3.8) is 0 Å². The summed E-state index contributed by atoms with van der Waals surface area (Å²) in [4.78, 5) is 17.5. The van der Waals surface area contributed by atoms with Crippen molar-refractivity contribution in [2.45, 2.75) is 13.8 Å². The van der Waals surface area contributed by atoms with Gasteiger partial charge in [0.15, 0.2) is 5.13 Å². The third-order valence-electron chi connectivity index (χ3n) is 3.47. The molecule has 1 amide bonds. The van der Waals surface area contributed by atoms with E-state index in [1.165, 1.54) is 11.3 Å². The van der Waals surface area contributed by atoms with Crippen LogP contribution >= 0.6 is 22.9 Å². The number of thiazole rings is 1.